The molecule has 2 atom stereocenters. The molecule has 0 aliphatic heterocycles. The van der Waals surface area contributed by atoms with E-state index in [0.29, 0.717) is 10.3 Å². The first-order chi connectivity index (χ1) is 5.55. The Labute approximate surface area is 87.9 Å². The lowest BCUT2D eigenvalue weighted by atomic mass is 10.2. The van der Waals surface area contributed by atoms with Gasteiger partial charge in [0.1, 0.15) is 0 Å². The fourth-order valence-electron chi connectivity index (χ4n) is 0.606. The summed E-state index contributed by atoms with van der Waals surface area (Å²) in [5, 5.41) is 0.967. The average Bonchev–Trinajstić information content (AvgIpc) is 1.82. The molecule has 0 aliphatic rings. The van der Waals surface area contributed by atoms with Crippen LogP contribution in [0.25, 0.3) is 0 Å². The van der Waals surface area contributed by atoms with Crippen molar-refractivity contribution >= 4 is 22.3 Å². The van der Waals surface area contributed by atoms with Gasteiger partial charge in [-0.05, 0) is 10.3 Å². The number of hydrogen-bond donors (Lipinski definition) is 0. The van der Waals surface area contributed by atoms with E-state index < -0.39 is 0 Å². The molecule has 0 aromatic carbocycles. The zero-order chi connectivity index (χ0) is 10.9. The van der Waals surface area contributed by atoms with Crippen molar-refractivity contribution in [3.63, 3.8) is 0 Å². The molecule has 1 radical (unpaired) electrons. The van der Waals surface area contributed by atoms with E-state index in [1.165, 1.54) is 0 Å². The standard InChI is InChI=1S/C10H24BP2/c1-9(2,3)12(7)11-13(8)10(4,5)6/h1-8H3. The molecule has 0 heterocycles. The summed E-state index contributed by atoms with van der Waals surface area (Å²) in [6.45, 7) is 21.5. The fraction of sp³-hybridized carbons (Fsp3) is 1.00. The van der Waals surface area contributed by atoms with Crippen LogP contribution in [-0.4, -0.2) is 30.4 Å². The van der Waals surface area contributed by atoms with E-state index in [1.54, 1.807) is 0 Å². The van der Waals surface area contributed by atoms with Gasteiger partial charge in [0.05, 0.1) is 0 Å². The Bertz CT molecular complexity index is 137. The molecule has 0 saturated heterocycles. The van der Waals surface area contributed by atoms with Crippen LogP contribution < -0.4 is 0 Å². The molecule has 77 valence electrons. The SMILES string of the molecule is CP([B]P(C)C(C)(C)C)C(C)(C)C. The van der Waals surface area contributed by atoms with E-state index in [1.807, 2.05) is 0 Å². The van der Waals surface area contributed by atoms with Gasteiger partial charge in [-0.3, -0.25) is 0 Å². The second-order valence-electron chi connectivity index (χ2n) is 5.68. The lowest BCUT2D eigenvalue weighted by Crippen LogP contribution is -2.19. The first-order valence-electron chi connectivity index (χ1n) is 4.86. The topological polar surface area (TPSA) is 0 Å². The van der Waals surface area contributed by atoms with Crippen molar-refractivity contribution in [2.24, 2.45) is 0 Å². The quantitative estimate of drug-likeness (QED) is 0.476. The lowest BCUT2D eigenvalue weighted by Gasteiger charge is -2.35. The second kappa shape index (κ2) is 4.63. The van der Waals surface area contributed by atoms with Gasteiger partial charge in [-0.25, -0.2) is 0 Å². The lowest BCUT2D eigenvalue weighted by molar-refractivity contribution is 0.791. The van der Waals surface area contributed by atoms with Crippen molar-refractivity contribution in [1.82, 2.24) is 0 Å². The highest BCUT2D eigenvalue weighted by atomic mass is 31.2. The summed E-state index contributed by atoms with van der Waals surface area (Å²) in [5.41, 5.74) is 0. The fourth-order valence-corrected chi connectivity index (χ4v) is 5.46. The summed E-state index contributed by atoms with van der Waals surface area (Å²) in [6, 6.07) is 0. The molecule has 0 N–H and O–H groups in total. The van der Waals surface area contributed by atoms with Gasteiger partial charge in [-0.15, -0.1) is 15.6 Å². The molecule has 0 saturated carbocycles. The molecule has 13 heavy (non-hydrogen) atoms. The molecule has 0 spiro atoms. The van der Waals surface area contributed by atoms with Gasteiger partial charge in [-0.1, -0.05) is 54.9 Å². The van der Waals surface area contributed by atoms with Gasteiger partial charge in [0, 0.05) is 0 Å². The molecule has 0 fully saturated rings. The summed E-state index contributed by atoms with van der Waals surface area (Å²) >= 11 is 0. The molecule has 3 heteroatoms. The van der Waals surface area contributed by atoms with Gasteiger partial charge in [0.25, 0.3) is 0 Å². The highest BCUT2D eigenvalue weighted by Gasteiger charge is 2.27. The molecule has 0 nitrogen and oxygen atoms in total. The maximum absolute atomic E-state index is 2.63. The molecule has 2 unspecified atom stereocenters. The van der Waals surface area contributed by atoms with Gasteiger partial charge < -0.3 is 0 Å². The third kappa shape index (κ3) is 5.39. The number of rotatable bonds is 2. The summed E-state index contributed by atoms with van der Waals surface area (Å²) in [6.07, 6.45) is 0. The number of hydrogen-bond acceptors (Lipinski definition) is 0. The van der Waals surface area contributed by atoms with Crippen LogP contribution in [0.4, 0.5) is 0 Å². The minimum Gasteiger partial charge on any atom is -0.139 e. The van der Waals surface area contributed by atoms with E-state index in [2.05, 4.69) is 61.6 Å². The predicted octanol–water partition coefficient (Wildman–Crippen LogP) is 4.34. The summed E-state index contributed by atoms with van der Waals surface area (Å²) in [7, 11) is 0.157. The van der Waals surface area contributed by atoms with Gasteiger partial charge in [0.2, 0.25) is 0 Å². The van der Waals surface area contributed by atoms with E-state index in [4.69, 9.17) is 0 Å². The first-order valence-corrected chi connectivity index (χ1v) is 8.57. The maximum atomic E-state index is 2.63. The van der Waals surface area contributed by atoms with Crippen LogP contribution in [-0.2, 0) is 0 Å². The molecule has 0 rings (SSSR count). The van der Waals surface area contributed by atoms with Gasteiger partial charge in [-0.2, -0.15) is 0 Å². The predicted molar refractivity (Wildman–Crippen MR) is 70.9 cm³/mol. The normalized spacial score (nSPS) is 18.2. The third-order valence-corrected chi connectivity index (χ3v) is 9.47. The summed E-state index contributed by atoms with van der Waals surface area (Å²) < 4.78 is 0. The van der Waals surface area contributed by atoms with Crippen LogP contribution in [0, 0.1) is 0 Å². The molecule has 0 aliphatic carbocycles. The molecule has 0 bridgehead atoms. The molecule has 0 aromatic heterocycles. The van der Waals surface area contributed by atoms with Crippen molar-refractivity contribution in [3.8, 4) is 0 Å². The highest BCUT2D eigenvalue weighted by Crippen LogP contribution is 2.57. The Morgan fingerprint density at radius 3 is 1.08 bits per heavy atom. The van der Waals surface area contributed by atoms with Crippen molar-refractivity contribution in [2.75, 3.05) is 13.3 Å². The Morgan fingerprint density at radius 2 is 0.923 bits per heavy atom. The molecule has 0 amide bonds. The van der Waals surface area contributed by atoms with Gasteiger partial charge >= 0.3 is 0 Å². The van der Waals surface area contributed by atoms with Crippen molar-refractivity contribution in [3.05, 3.63) is 0 Å². The van der Waals surface area contributed by atoms with E-state index >= 15 is 0 Å². The smallest absolute Gasteiger partial charge is 0.139 e. The maximum Gasteiger partial charge on any atom is 0.181 e. The Hall–Kier alpha value is 0.925. The van der Waals surface area contributed by atoms with Crippen LogP contribution >= 0.6 is 15.6 Å². The van der Waals surface area contributed by atoms with Crippen molar-refractivity contribution < 1.29 is 0 Å². The molecular weight excluding hydrogens is 193 g/mol. The molecule has 0 aromatic rings. The van der Waals surface area contributed by atoms with E-state index in [0.717, 1.165) is 0 Å². The summed E-state index contributed by atoms with van der Waals surface area (Å²) in [5.74, 6) is 0. The second-order valence-corrected chi connectivity index (χ2v) is 11.7. The minimum atomic E-state index is 0.0785. The summed E-state index contributed by atoms with van der Waals surface area (Å²) in [4.78, 5) is 0. The Morgan fingerprint density at radius 1 is 0.692 bits per heavy atom. The van der Waals surface area contributed by atoms with Crippen LogP contribution in [0.3, 0.4) is 0 Å². The third-order valence-electron chi connectivity index (χ3n) is 2.46. The zero-order valence-corrected chi connectivity index (χ0v) is 12.3. The van der Waals surface area contributed by atoms with Crippen molar-refractivity contribution in [2.45, 2.75) is 51.9 Å². The van der Waals surface area contributed by atoms with Crippen LogP contribution in [0.1, 0.15) is 41.5 Å². The Balaban J connectivity index is 4.15. The van der Waals surface area contributed by atoms with Crippen LogP contribution in [0.15, 0.2) is 0 Å². The molecular formula is C10H24BP2. The largest absolute Gasteiger partial charge is 0.181 e. The first kappa shape index (κ1) is 13.9. The monoisotopic (exact) mass is 217 g/mol. The van der Waals surface area contributed by atoms with Crippen LogP contribution in [0.2, 0.25) is 0 Å². The van der Waals surface area contributed by atoms with Crippen LogP contribution in [0.5, 0.6) is 0 Å². The zero-order valence-electron chi connectivity index (χ0n) is 10.5. The van der Waals surface area contributed by atoms with E-state index in [-0.39, 0.29) is 15.6 Å². The minimum absolute atomic E-state index is 0.0785. The average molecular weight is 217 g/mol. The van der Waals surface area contributed by atoms with E-state index in [9.17, 15) is 0 Å². The van der Waals surface area contributed by atoms with Crippen molar-refractivity contribution in [1.29, 1.82) is 0 Å². The Kier molecular flexibility index (Phi) is 4.96. The highest BCUT2D eigenvalue weighted by molar-refractivity contribution is 8.15. The van der Waals surface area contributed by atoms with Gasteiger partial charge in [0.15, 0.2) is 6.72 Å².